The van der Waals surface area contributed by atoms with Crippen LogP contribution >= 0.6 is 0 Å². The van der Waals surface area contributed by atoms with E-state index in [-0.39, 0.29) is 30.5 Å². The van der Waals surface area contributed by atoms with Crippen LogP contribution < -0.4 is 0 Å². The molecule has 0 radical (unpaired) electrons. The molecule has 164 valence electrons. The smallest absolute Gasteiger partial charge is 0.237 e. The van der Waals surface area contributed by atoms with Crippen LogP contribution in [0.5, 0.6) is 0 Å². The summed E-state index contributed by atoms with van der Waals surface area (Å²) in [5.74, 6) is -0.312. The minimum absolute atomic E-state index is 0.0481. The van der Waals surface area contributed by atoms with Crippen LogP contribution in [-0.4, -0.2) is 59.8 Å². The highest BCUT2D eigenvalue weighted by Gasteiger charge is 2.27. The van der Waals surface area contributed by atoms with E-state index in [9.17, 15) is 18.0 Å². The second-order valence-corrected chi connectivity index (χ2v) is 9.91. The van der Waals surface area contributed by atoms with E-state index < -0.39 is 10.0 Å². The zero-order valence-electron chi connectivity index (χ0n) is 17.8. The number of amides is 2. The second-order valence-electron chi connectivity index (χ2n) is 7.89. The third-order valence-electron chi connectivity index (χ3n) is 5.65. The number of fused-ring (bicyclic) bond motifs is 1. The molecule has 7 nitrogen and oxygen atoms in total. The van der Waals surface area contributed by atoms with Crippen molar-refractivity contribution in [3.05, 3.63) is 35.5 Å². The summed E-state index contributed by atoms with van der Waals surface area (Å²) in [5, 5.41) is 1.07. The summed E-state index contributed by atoms with van der Waals surface area (Å²) in [6.45, 7) is 5.09. The third kappa shape index (κ3) is 5.03. The van der Waals surface area contributed by atoms with Gasteiger partial charge in [0.15, 0.2) is 0 Å². The van der Waals surface area contributed by atoms with Gasteiger partial charge in [0.2, 0.25) is 21.8 Å². The molecule has 1 aliphatic heterocycles. The monoisotopic (exact) mass is 433 g/mol. The fourth-order valence-corrected chi connectivity index (χ4v) is 5.69. The van der Waals surface area contributed by atoms with E-state index in [2.05, 4.69) is 4.98 Å². The summed E-state index contributed by atoms with van der Waals surface area (Å²) in [7, 11) is -3.65. The summed E-state index contributed by atoms with van der Waals surface area (Å²) in [5.41, 5.74) is 3.07. The van der Waals surface area contributed by atoms with Crippen LogP contribution in [-0.2, 0) is 26.0 Å². The van der Waals surface area contributed by atoms with Gasteiger partial charge in [-0.1, -0.05) is 25.1 Å². The van der Waals surface area contributed by atoms with Crippen LogP contribution in [0.2, 0.25) is 0 Å². The van der Waals surface area contributed by atoms with Crippen molar-refractivity contribution in [1.29, 1.82) is 0 Å². The largest absolute Gasteiger partial charge is 0.358 e. The molecule has 2 amide bonds. The predicted molar refractivity (Wildman–Crippen MR) is 118 cm³/mol. The van der Waals surface area contributed by atoms with E-state index >= 15 is 0 Å². The van der Waals surface area contributed by atoms with Crippen molar-refractivity contribution in [2.75, 3.05) is 25.4 Å². The van der Waals surface area contributed by atoms with Crippen LogP contribution in [0.25, 0.3) is 10.9 Å². The summed E-state index contributed by atoms with van der Waals surface area (Å²) >= 11 is 0. The molecule has 0 saturated carbocycles. The number of para-hydroxylation sites is 1. The van der Waals surface area contributed by atoms with E-state index in [1.54, 1.807) is 11.8 Å². The summed E-state index contributed by atoms with van der Waals surface area (Å²) < 4.78 is 26.5. The SMILES string of the molecule is CCCS(=O)(=O)N(CCCN1CCCC1=O)C(=O)CCc1c(C)[nH]c2ccccc12. The Morgan fingerprint density at radius 1 is 1.27 bits per heavy atom. The van der Waals surface area contributed by atoms with Gasteiger partial charge in [-0.05, 0) is 44.2 Å². The molecule has 1 aromatic carbocycles. The molecule has 0 unspecified atom stereocenters. The van der Waals surface area contributed by atoms with Crippen LogP contribution in [0, 0.1) is 6.92 Å². The Bertz CT molecular complexity index is 1010. The number of hydrogen-bond donors (Lipinski definition) is 1. The van der Waals surface area contributed by atoms with E-state index in [0.29, 0.717) is 38.8 Å². The van der Waals surface area contributed by atoms with E-state index in [0.717, 1.165) is 32.9 Å². The first-order chi connectivity index (χ1) is 14.3. The van der Waals surface area contributed by atoms with Crippen molar-refractivity contribution >= 4 is 32.7 Å². The van der Waals surface area contributed by atoms with E-state index in [1.165, 1.54) is 0 Å². The van der Waals surface area contributed by atoms with Gasteiger partial charge in [-0.3, -0.25) is 9.59 Å². The molecular weight excluding hydrogens is 402 g/mol. The number of likely N-dealkylation sites (tertiary alicyclic amines) is 1. The molecular formula is C22H31N3O4S. The summed E-state index contributed by atoms with van der Waals surface area (Å²) in [6, 6.07) is 7.92. The summed E-state index contributed by atoms with van der Waals surface area (Å²) in [6.07, 6.45) is 2.94. The Balaban J connectivity index is 1.68. The molecule has 2 aromatic rings. The highest BCUT2D eigenvalue weighted by Crippen LogP contribution is 2.23. The average Bonchev–Trinajstić information content (AvgIpc) is 3.25. The molecule has 2 heterocycles. The maximum absolute atomic E-state index is 13.0. The Kier molecular flexibility index (Phi) is 7.18. The first-order valence-corrected chi connectivity index (χ1v) is 12.3. The molecule has 0 spiro atoms. The van der Waals surface area contributed by atoms with Gasteiger partial charge in [-0.2, -0.15) is 0 Å². The molecule has 1 aliphatic rings. The fraction of sp³-hybridized carbons (Fsp3) is 0.545. The second kappa shape index (κ2) is 9.64. The van der Waals surface area contributed by atoms with Crippen LogP contribution in [0.3, 0.4) is 0 Å². The van der Waals surface area contributed by atoms with Crippen molar-refractivity contribution in [3.63, 3.8) is 0 Å². The van der Waals surface area contributed by atoms with Gasteiger partial charge < -0.3 is 9.88 Å². The van der Waals surface area contributed by atoms with Gasteiger partial charge in [0, 0.05) is 49.1 Å². The number of aryl methyl sites for hydroxylation is 2. The van der Waals surface area contributed by atoms with Crippen molar-refractivity contribution < 1.29 is 18.0 Å². The van der Waals surface area contributed by atoms with Gasteiger partial charge in [-0.25, -0.2) is 12.7 Å². The molecule has 0 bridgehead atoms. The molecule has 30 heavy (non-hydrogen) atoms. The third-order valence-corrected chi connectivity index (χ3v) is 7.63. The number of carbonyl (C=O) groups excluding carboxylic acids is 2. The molecule has 1 saturated heterocycles. The molecule has 8 heteroatoms. The molecule has 1 aromatic heterocycles. The first kappa shape index (κ1) is 22.3. The number of hydrogen-bond acceptors (Lipinski definition) is 4. The fourth-order valence-electron chi connectivity index (χ4n) is 4.15. The molecule has 0 atom stereocenters. The van der Waals surface area contributed by atoms with E-state index in [4.69, 9.17) is 0 Å². The number of carbonyl (C=O) groups is 2. The lowest BCUT2D eigenvalue weighted by Crippen LogP contribution is -2.40. The van der Waals surface area contributed by atoms with Crippen LogP contribution in [0.15, 0.2) is 24.3 Å². The number of nitrogens with zero attached hydrogens (tertiary/aromatic N) is 2. The Hall–Kier alpha value is -2.35. The highest BCUT2D eigenvalue weighted by atomic mass is 32.2. The molecule has 1 fully saturated rings. The lowest BCUT2D eigenvalue weighted by molar-refractivity contribution is -0.127. The number of aromatic nitrogens is 1. The zero-order valence-corrected chi connectivity index (χ0v) is 18.6. The quantitative estimate of drug-likeness (QED) is 0.624. The van der Waals surface area contributed by atoms with E-state index in [1.807, 2.05) is 31.2 Å². The predicted octanol–water partition coefficient (Wildman–Crippen LogP) is 2.99. The maximum Gasteiger partial charge on any atom is 0.237 e. The van der Waals surface area contributed by atoms with Gasteiger partial charge in [-0.15, -0.1) is 0 Å². The minimum Gasteiger partial charge on any atom is -0.358 e. The maximum atomic E-state index is 13.0. The number of sulfonamides is 1. The minimum atomic E-state index is -3.65. The zero-order chi connectivity index (χ0) is 21.7. The number of benzene rings is 1. The molecule has 0 aliphatic carbocycles. The average molecular weight is 434 g/mol. The van der Waals surface area contributed by atoms with Crippen molar-refractivity contribution in [3.8, 4) is 0 Å². The number of nitrogens with one attached hydrogen (secondary N) is 1. The number of H-pyrrole nitrogens is 1. The van der Waals surface area contributed by atoms with Crippen molar-refractivity contribution in [2.24, 2.45) is 0 Å². The lowest BCUT2D eigenvalue weighted by atomic mass is 10.1. The van der Waals surface area contributed by atoms with Gasteiger partial charge in [0.1, 0.15) is 0 Å². The Labute approximate surface area is 178 Å². The van der Waals surface area contributed by atoms with Gasteiger partial charge in [0.25, 0.3) is 0 Å². The highest BCUT2D eigenvalue weighted by molar-refractivity contribution is 7.89. The standard InChI is InChI=1S/C22H31N3O4S/c1-3-16-30(28,29)25(15-7-14-24-13-6-10-21(24)26)22(27)12-11-18-17(2)23-20-9-5-4-8-19(18)20/h4-5,8-9,23H,3,6-7,10-16H2,1-2H3. The lowest BCUT2D eigenvalue weighted by Gasteiger charge is -2.24. The Morgan fingerprint density at radius 3 is 2.73 bits per heavy atom. The van der Waals surface area contributed by atoms with Crippen LogP contribution in [0.4, 0.5) is 0 Å². The molecule has 3 rings (SSSR count). The van der Waals surface area contributed by atoms with Crippen molar-refractivity contribution in [1.82, 2.24) is 14.2 Å². The first-order valence-electron chi connectivity index (χ1n) is 10.7. The van der Waals surface area contributed by atoms with Gasteiger partial charge in [0.05, 0.1) is 5.75 Å². The van der Waals surface area contributed by atoms with Gasteiger partial charge >= 0.3 is 0 Å². The molecule has 1 N–H and O–H groups in total. The Morgan fingerprint density at radius 2 is 2.03 bits per heavy atom. The van der Waals surface area contributed by atoms with Crippen LogP contribution in [0.1, 0.15) is 50.3 Å². The number of aromatic amines is 1. The normalized spacial score (nSPS) is 14.6. The topological polar surface area (TPSA) is 90.6 Å². The number of rotatable bonds is 10. The van der Waals surface area contributed by atoms with Crippen molar-refractivity contribution in [2.45, 2.75) is 52.4 Å². The summed E-state index contributed by atoms with van der Waals surface area (Å²) in [4.78, 5) is 29.8.